The topological polar surface area (TPSA) is 82.4 Å². The summed E-state index contributed by atoms with van der Waals surface area (Å²) in [6.07, 6.45) is 0. The van der Waals surface area contributed by atoms with Crippen molar-refractivity contribution in [1.82, 2.24) is 4.90 Å². The molecule has 0 saturated heterocycles. The van der Waals surface area contributed by atoms with Crippen molar-refractivity contribution in [3.05, 3.63) is 59.7 Å². The number of hydrogen-bond donors (Lipinski definition) is 1. The first-order valence-electron chi connectivity index (χ1n) is 7.71. The third kappa shape index (κ3) is 5.08. The lowest BCUT2D eigenvalue weighted by Crippen LogP contribution is -2.36. The van der Waals surface area contributed by atoms with Gasteiger partial charge in [-0.05, 0) is 30.3 Å². The highest BCUT2D eigenvalue weighted by Crippen LogP contribution is 2.19. The van der Waals surface area contributed by atoms with E-state index < -0.39 is 0 Å². The molecule has 0 unspecified atom stereocenters. The molecule has 0 atom stereocenters. The molecule has 2 rings (SSSR count). The van der Waals surface area contributed by atoms with Gasteiger partial charge in [0.05, 0.1) is 18.7 Å². The SMILES string of the molecule is COc1ccccc1CN(CC(=O)Nc1ccc(C#N)cc1)C(C)=O. The maximum Gasteiger partial charge on any atom is 0.244 e. The number of nitrogens with one attached hydrogen (secondary N) is 1. The standard InChI is InChI=1S/C19H19N3O3/c1-14(23)22(12-16-5-3-4-6-18(16)25-2)13-19(24)21-17-9-7-15(11-20)8-10-17/h3-10H,12-13H2,1-2H3,(H,21,24). The lowest BCUT2D eigenvalue weighted by molar-refractivity contribution is -0.133. The summed E-state index contributed by atoms with van der Waals surface area (Å²) in [6.45, 7) is 1.62. The predicted octanol–water partition coefficient (Wildman–Crippen LogP) is 2.55. The number of anilines is 1. The third-order valence-electron chi connectivity index (χ3n) is 3.63. The van der Waals surface area contributed by atoms with Crippen molar-refractivity contribution in [3.63, 3.8) is 0 Å². The Morgan fingerprint density at radius 1 is 1.16 bits per heavy atom. The second-order valence-corrected chi connectivity index (χ2v) is 5.42. The van der Waals surface area contributed by atoms with Crippen LogP contribution in [0.2, 0.25) is 0 Å². The molecular formula is C19H19N3O3. The van der Waals surface area contributed by atoms with E-state index in [0.717, 1.165) is 5.56 Å². The van der Waals surface area contributed by atoms with Crippen LogP contribution >= 0.6 is 0 Å². The van der Waals surface area contributed by atoms with Crippen LogP contribution in [0, 0.1) is 11.3 Å². The predicted molar refractivity (Wildman–Crippen MR) is 93.9 cm³/mol. The molecule has 0 heterocycles. The lowest BCUT2D eigenvalue weighted by Gasteiger charge is -2.21. The van der Waals surface area contributed by atoms with E-state index in [4.69, 9.17) is 10.00 Å². The zero-order valence-electron chi connectivity index (χ0n) is 14.2. The molecule has 0 aliphatic rings. The summed E-state index contributed by atoms with van der Waals surface area (Å²) in [4.78, 5) is 25.6. The lowest BCUT2D eigenvalue weighted by atomic mass is 10.2. The minimum absolute atomic E-state index is 0.0760. The van der Waals surface area contributed by atoms with E-state index >= 15 is 0 Å². The number of rotatable bonds is 6. The number of nitrogens with zero attached hydrogens (tertiary/aromatic N) is 2. The highest BCUT2D eigenvalue weighted by molar-refractivity contribution is 5.94. The van der Waals surface area contributed by atoms with Crippen LogP contribution in [0.1, 0.15) is 18.1 Å². The Morgan fingerprint density at radius 2 is 1.84 bits per heavy atom. The number of carbonyl (C=O) groups is 2. The van der Waals surface area contributed by atoms with Gasteiger partial charge in [0.1, 0.15) is 12.3 Å². The Labute approximate surface area is 146 Å². The summed E-state index contributed by atoms with van der Waals surface area (Å²) in [6, 6.07) is 15.9. The van der Waals surface area contributed by atoms with Gasteiger partial charge in [-0.25, -0.2) is 0 Å². The summed E-state index contributed by atoms with van der Waals surface area (Å²) >= 11 is 0. The fourth-order valence-electron chi connectivity index (χ4n) is 2.32. The van der Waals surface area contributed by atoms with Gasteiger partial charge in [0.2, 0.25) is 11.8 Å². The molecule has 0 aliphatic heterocycles. The second-order valence-electron chi connectivity index (χ2n) is 5.42. The van der Waals surface area contributed by atoms with Crippen LogP contribution in [0.4, 0.5) is 5.69 Å². The molecule has 2 aromatic rings. The highest BCUT2D eigenvalue weighted by atomic mass is 16.5. The fraction of sp³-hybridized carbons (Fsp3) is 0.211. The average molecular weight is 337 g/mol. The van der Waals surface area contributed by atoms with Crippen molar-refractivity contribution in [3.8, 4) is 11.8 Å². The summed E-state index contributed by atoms with van der Waals surface area (Å²) < 4.78 is 5.28. The molecule has 6 heteroatoms. The fourth-order valence-corrected chi connectivity index (χ4v) is 2.32. The molecule has 0 radical (unpaired) electrons. The van der Waals surface area contributed by atoms with Crippen LogP contribution in [0.15, 0.2) is 48.5 Å². The van der Waals surface area contributed by atoms with Gasteiger partial charge in [0, 0.05) is 24.7 Å². The number of ether oxygens (including phenoxy) is 1. The van der Waals surface area contributed by atoms with Gasteiger partial charge in [-0.1, -0.05) is 18.2 Å². The van der Waals surface area contributed by atoms with Gasteiger partial charge in [0.15, 0.2) is 0 Å². The van der Waals surface area contributed by atoms with E-state index in [1.54, 1.807) is 31.4 Å². The Morgan fingerprint density at radius 3 is 2.44 bits per heavy atom. The van der Waals surface area contributed by atoms with Gasteiger partial charge in [0.25, 0.3) is 0 Å². The molecule has 0 spiro atoms. The summed E-state index contributed by atoms with van der Waals surface area (Å²) in [7, 11) is 1.56. The number of hydrogen-bond acceptors (Lipinski definition) is 4. The van der Waals surface area contributed by atoms with Crippen LogP contribution in [-0.4, -0.2) is 30.4 Å². The van der Waals surface area contributed by atoms with Crippen molar-refractivity contribution in [2.45, 2.75) is 13.5 Å². The third-order valence-corrected chi connectivity index (χ3v) is 3.63. The summed E-state index contributed by atoms with van der Waals surface area (Å²) in [5, 5.41) is 11.5. The zero-order valence-corrected chi connectivity index (χ0v) is 14.2. The maximum absolute atomic E-state index is 12.2. The number of benzene rings is 2. The largest absolute Gasteiger partial charge is 0.496 e. The van der Waals surface area contributed by atoms with Crippen LogP contribution in [0.3, 0.4) is 0 Å². The zero-order chi connectivity index (χ0) is 18.2. The Hall–Kier alpha value is -3.33. The number of methoxy groups -OCH3 is 1. The van der Waals surface area contributed by atoms with Gasteiger partial charge in [-0.3, -0.25) is 9.59 Å². The highest BCUT2D eigenvalue weighted by Gasteiger charge is 2.16. The van der Waals surface area contributed by atoms with Gasteiger partial charge < -0.3 is 15.0 Å². The molecule has 0 aliphatic carbocycles. The van der Waals surface area contributed by atoms with E-state index in [-0.39, 0.29) is 24.9 Å². The molecule has 2 amide bonds. The molecule has 0 aromatic heterocycles. The van der Waals surface area contributed by atoms with Crippen molar-refractivity contribution >= 4 is 17.5 Å². The van der Waals surface area contributed by atoms with Crippen LogP contribution in [0.5, 0.6) is 5.75 Å². The molecule has 128 valence electrons. The first kappa shape index (κ1) is 18.0. The molecular weight excluding hydrogens is 318 g/mol. The summed E-state index contributed by atoms with van der Waals surface area (Å²) in [5.41, 5.74) is 1.91. The Bertz CT molecular complexity index is 794. The number of carbonyl (C=O) groups excluding carboxylic acids is 2. The summed E-state index contributed by atoms with van der Waals surface area (Å²) in [5.74, 6) is 0.150. The monoisotopic (exact) mass is 337 g/mol. The van der Waals surface area contributed by atoms with E-state index in [2.05, 4.69) is 5.32 Å². The smallest absolute Gasteiger partial charge is 0.244 e. The molecule has 0 saturated carbocycles. The molecule has 1 N–H and O–H groups in total. The normalized spacial score (nSPS) is 9.80. The minimum atomic E-state index is -0.310. The molecule has 6 nitrogen and oxygen atoms in total. The van der Waals surface area contributed by atoms with Crippen LogP contribution in [0.25, 0.3) is 0 Å². The van der Waals surface area contributed by atoms with Gasteiger partial charge >= 0.3 is 0 Å². The molecule has 0 bridgehead atoms. The Kier molecular flexibility index (Phi) is 6.13. The van der Waals surface area contributed by atoms with E-state index in [9.17, 15) is 9.59 Å². The van der Waals surface area contributed by atoms with Crippen molar-refractivity contribution < 1.29 is 14.3 Å². The molecule has 2 aromatic carbocycles. The quantitative estimate of drug-likeness (QED) is 0.878. The first-order valence-corrected chi connectivity index (χ1v) is 7.71. The molecule has 25 heavy (non-hydrogen) atoms. The second kappa shape index (κ2) is 8.50. The van der Waals surface area contributed by atoms with Crippen LogP contribution in [-0.2, 0) is 16.1 Å². The van der Waals surface area contributed by atoms with E-state index in [0.29, 0.717) is 17.0 Å². The van der Waals surface area contributed by atoms with Gasteiger partial charge in [-0.2, -0.15) is 5.26 Å². The number of nitriles is 1. The van der Waals surface area contributed by atoms with Crippen LogP contribution < -0.4 is 10.1 Å². The average Bonchev–Trinajstić information content (AvgIpc) is 2.62. The van der Waals surface area contributed by atoms with Crippen molar-refractivity contribution in [2.75, 3.05) is 19.0 Å². The molecule has 0 fully saturated rings. The van der Waals surface area contributed by atoms with E-state index in [1.165, 1.54) is 11.8 Å². The Balaban J connectivity index is 2.04. The maximum atomic E-state index is 12.2. The van der Waals surface area contributed by atoms with Crippen molar-refractivity contribution in [1.29, 1.82) is 5.26 Å². The van der Waals surface area contributed by atoms with E-state index in [1.807, 2.05) is 30.3 Å². The van der Waals surface area contributed by atoms with Gasteiger partial charge in [-0.15, -0.1) is 0 Å². The number of amides is 2. The van der Waals surface area contributed by atoms with Crippen molar-refractivity contribution in [2.24, 2.45) is 0 Å². The first-order chi connectivity index (χ1) is 12.0. The number of para-hydroxylation sites is 1. The minimum Gasteiger partial charge on any atom is -0.496 e.